The fourth-order valence-electron chi connectivity index (χ4n) is 2.82. The second-order valence-electron chi connectivity index (χ2n) is 6.57. The molecule has 0 bridgehead atoms. The zero-order valence-corrected chi connectivity index (χ0v) is 17.5. The monoisotopic (exact) mass is 442 g/mol. The van der Waals surface area contributed by atoms with Crippen molar-refractivity contribution in [3.8, 4) is 0 Å². The normalized spacial score (nSPS) is 10.5. The Morgan fingerprint density at radius 2 is 2.06 bits per heavy atom. The molecular weight excluding hydrogens is 424 g/mol. The number of benzene rings is 1. The summed E-state index contributed by atoms with van der Waals surface area (Å²) in [6, 6.07) is 8.26. The van der Waals surface area contributed by atoms with E-state index in [9.17, 15) is 24.5 Å². The number of carbonyl (C=O) groups is 2. The molecule has 2 heterocycles. The molecular formula is C20H18N4O6S. The maximum atomic E-state index is 12.5. The molecule has 1 N–H and O–H groups in total. The number of nitrogens with zero attached hydrogens (tertiary/aromatic N) is 3. The molecule has 31 heavy (non-hydrogen) atoms. The first-order valence-corrected chi connectivity index (χ1v) is 9.92. The topological polar surface area (TPSA) is 133 Å². The smallest absolute Gasteiger partial charge is 0.343 e. The number of hydrogen-bond donors (Lipinski definition) is 1. The van der Waals surface area contributed by atoms with Crippen LogP contribution in [0.3, 0.4) is 0 Å². The third-order valence-corrected chi connectivity index (χ3v) is 5.25. The zero-order valence-electron chi connectivity index (χ0n) is 16.7. The molecule has 0 saturated carbocycles. The fraction of sp³-hybridized carbons (Fsp3) is 0.200. The number of thiazole rings is 1. The lowest BCUT2D eigenvalue weighted by Crippen LogP contribution is -2.27. The Balaban J connectivity index is 1.78. The highest BCUT2D eigenvalue weighted by molar-refractivity contribution is 7.09. The van der Waals surface area contributed by atoms with Gasteiger partial charge in [0, 0.05) is 17.1 Å². The van der Waals surface area contributed by atoms with E-state index in [0.29, 0.717) is 16.4 Å². The van der Waals surface area contributed by atoms with Crippen LogP contribution in [-0.4, -0.2) is 33.5 Å². The quantitative estimate of drug-likeness (QED) is 0.338. The highest BCUT2D eigenvalue weighted by atomic mass is 32.1. The van der Waals surface area contributed by atoms with Crippen LogP contribution in [0.25, 0.3) is 0 Å². The summed E-state index contributed by atoms with van der Waals surface area (Å²) in [4.78, 5) is 51.4. The standard InChI is InChI=1S/C20H18N4O6S/c1-12-5-3-4-6-16(12)22-17(25)8-18-21-13(11-31-18)9-23-10-14(24(28)29)7-15(19(23)26)20(27)30-2/h3-7,10-11H,8-9H2,1-2H3,(H,22,25). The number of nitrogens with one attached hydrogen (secondary N) is 1. The van der Waals surface area contributed by atoms with E-state index in [1.54, 1.807) is 11.4 Å². The number of anilines is 1. The SMILES string of the molecule is COC(=O)c1cc([N+](=O)[O-])cn(Cc2csc(CC(=O)Nc3ccccc3C)n2)c1=O. The van der Waals surface area contributed by atoms with Gasteiger partial charge in [0.05, 0.1) is 36.9 Å². The molecule has 0 fully saturated rings. The van der Waals surface area contributed by atoms with E-state index in [4.69, 9.17) is 0 Å². The van der Waals surface area contributed by atoms with Crippen molar-refractivity contribution in [3.05, 3.63) is 84.2 Å². The predicted molar refractivity (Wildman–Crippen MR) is 113 cm³/mol. The van der Waals surface area contributed by atoms with Crippen LogP contribution in [-0.2, 0) is 22.5 Å². The van der Waals surface area contributed by atoms with Crippen LogP contribution < -0.4 is 10.9 Å². The number of esters is 1. The zero-order chi connectivity index (χ0) is 22.5. The fourth-order valence-corrected chi connectivity index (χ4v) is 3.60. The first-order chi connectivity index (χ1) is 14.8. The lowest BCUT2D eigenvalue weighted by atomic mass is 10.2. The minimum absolute atomic E-state index is 0.0379. The van der Waals surface area contributed by atoms with E-state index in [1.807, 2.05) is 25.1 Å². The molecule has 1 amide bonds. The van der Waals surface area contributed by atoms with E-state index in [0.717, 1.165) is 29.5 Å². The number of para-hydroxylation sites is 1. The Morgan fingerprint density at radius 1 is 1.32 bits per heavy atom. The Hall–Kier alpha value is -3.86. The second kappa shape index (κ2) is 9.30. The summed E-state index contributed by atoms with van der Waals surface area (Å²) in [5.74, 6) is -1.20. The molecule has 1 aromatic carbocycles. The maximum Gasteiger partial charge on any atom is 0.343 e. The van der Waals surface area contributed by atoms with Crippen molar-refractivity contribution >= 4 is 34.6 Å². The summed E-state index contributed by atoms with van der Waals surface area (Å²) in [7, 11) is 1.08. The molecule has 11 heteroatoms. The maximum absolute atomic E-state index is 12.5. The van der Waals surface area contributed by atoms with Crippen molar-refractivity contribution in [3.63, 3.8) is 0 Å². The number of aromatic nitrogens is 2. The number of ether oxygens (including phenoxy) is 1. The number of rotatable bonds is 7. The molecule has 0 radical (unpaired) electrons. The van der Waals surface area contributed by atoms with Crippen LogP contribution in [0.1, 0.15) is 26.6 Å². The van der Waals surface area contributed by atoms with E-state index >= 15 is 0 Å². The van der Waals surface area contributed by atoms with E-state index < -0.39 is 27.7 Å². The summed E-state index contributed by atoms with van der Waals surface area (Å²) in [5.41, 5.74) is 0.481. The molecule has 3 rings (SSSR count). The van der Waals surface area contributed by atoms with Gasteiger partial charge in [-0.15, -0.1) is 11.3 Å². The molecule has 0 aliphatic carbocycles. The van der Waals surface area contributed by atoms with Crippen molar-refractivity contribution in [2.45, 2.75) is 19.9 Å². The van der Waals surface area contributed by atoms with Gasteiger partial charge in [-0.25, -0.2) is 9.78 Å². The van der Waals surface area contributed by atoms with Gasteiger partial charge >= 0.3 is 5.97 Å². The van der Waals surface area contributed by atoms with Crippen LogP contribution in [0.15, 0.2) is 46.7 Å². The molecule has 3 aromatic rings. The highest BCUT2D eigenvalue weighted by Gasteiger charge is 2.20. The van der Waals surface area contributed by atoms with Crippen molar-refractivity contribution in [2.24, 2.45) is 0 Å². The first-order valence-electron chi connectivity index (χ1n) is 9.04. The summed E-state index contributed by atoms with van der Waals surface area (Å²) >= 11 is 1.23. The van der Waals surface area contributed by atoms with E-state index in [1.165, 1.54) is 11.3 Å². The van der Waals surface area contributed by atoms with Crippen LogP contribution in [0.2, 0.25) is 0 Å². The van der Waals surface area contributed by atoms with Gasteiger partial charge in [-0.2, -0.15) is 0 Å². The summed E-state index contributed by atoms with van der Waals surface area (Å²) in [5, 5.41) is 16.2. The average molecular weight is 442 g/mol. The molecule has 0 aliphatic heterocycles. The lowest BCUT2D eigenvalue weighted by Gasteiger charge is -2.07. The number of aryl methyl sites for hydroxylation is 1. The molecule has 0 aliphatic rings. The third kappa shape index (κ3) is 5.20. The van der Waals surface area contributed by atoms with Gasteiger partial charge in [0.2, 0.25) is 5.91 Å². The Bertz CT molecular complexity index is 1220. The number of amides is 1. The largest absolute Gasteiger partial charge is 0.465 e. The lowest BCUT2D eigenvalue weighted by molar-refractivity contribution is -0.385. The molecule has 160 valence electrons. The Labute approximate surface area is 180 Å². The summed E-state index contributed by atoms with van der Waals surface area (Å²) in [6.07, 6.45) is 1.08. The number of methoxy groups -OCH3 is 1. The molecule has 0 atom stereocenters. The van der Waals surface area contributed by atoms with Crippen LogP contribution >= 0.6 is 11.3 Å². The van der Waals surface area contributed by atoms with Crippen molar-refractivity contribution in [2.75, 3.05) is 12.4 Å². The summed E-state index contributed by atoms with van der Waals surface area (Å²) < 4.78 is 5.55. The number of hydrogen-bond acceptors (Lipinski definition) is 8. The van der Waals surface area contributed by atoms with Crippen LogP contribution in [0.4, 0.5) is 11.4 Å². The third-order valence-electron chi connectivity index (χ3n) is 4.35. The van der Waals surface area contributed by atoms with Crippen LogP contribution in [0, 0.1) is 17.0 Å². The van der Waals surface area contributed by atoms with Gasteiger partial charge in [0.15, 0.2) is 0 Å². The summed E-state index contributed by atoms with van der Waals surface area (Å²) in [6.45, 7) is 1.79. The second-order valence-corrected chi connectivity index (χ2v) is 7.51. The van der Waals surface area contributed by atoms with Gasteiger partial charge in [-0.3, -0.25) is 19.7 Å². The number of carbonyl (C=O) groups excluding carboxylic acids is 2. The minimum atomic E-state index is -0.964. The van der Waals surface area contributed by atoms with Gasteiger partial charge in [0.1, 0.15) is 10.6 Å². The number of pyridine rings is 1. The van der Waals surface area contributed by atoms with Crippen molar-refractivity contribution in [1.82, 2.24) is 9.55 Å². The van der Waals surface area contributed by atoms with E-state index in [2.05, 4.69) is 15.0 Å². The van der Waals surface area contributed by atoms with Gasteiger partial charge in [-0.1, -0.05) is 18.2 Å². The van der Waals surface area contributed by atoms with Crippen molar-refractivity contribution < 1.29 is 19.2 Å². The predicted octanol–water partition coefficient (Wildman–Crippen LogP) is 2.54. The van der Waals surface area contributed by atoms with Gasteiger partial charge in [0.25, 0.3) is 11.2 Å². The average Bonchev–Trinajstić information content (AvgIpc) is 3.17. The minimum Gasteiger partial charge on any atom is -0.465 e. The number of nitro groups is 1. The van der Waals surface area contributed by atoms with Crippen LogP contribution in [0.5, 0.6) is 0 Å². The Kier molecular flexibility index (Phi) is 6.55. The van der Waals surface area contributed by atoms with Gasteiger partial charge in [-0.05, 0) is 18.6 Å². The highest BCUT2D eigenvalue weighted by Crippen LogP contribution is 2.17. The van der Waals surface area contributed by atoms with Gasteiger partial charge < -0.3 is 14.6 Å². The molecule has 0 spiro atoms. The molecule has 2 aromatic heterocycles. The molecule has 10 nitrogen and oxygen atoms in total. The molecule has 0 saturated heterocycles. The van der Waals surface area contributed by atoms with E-state index in [-0.39, 0.29) is 18.9 Å². The van der Waals surface area contributed by atoms with Crippen molar-refractivity contribution in [1.29, 1.82) is 0 Å². The molecule has 0 unspecified atom stereocenters. The Morgan fingerprint density at radius 3 is 2.74 bits per heavy atom. The first kappa shape index (κ1) is 21.8.